The van der Waals surface area contributed by atoms with E-state index in [1.54, 1.807) is 6.92 Å². The molecule has 2 aromatic heterocycles. The predicted octanol–water partition coefficient (Wildman–Crippen LogP) is 2.66. The molecule has 4 rings (SSSR count). The molecule has 1 aromatic carbocycles. The molecule has 29 heavy (non-hydrogen) atoms. The van der Waals surface area contributed by atoms with Gasteiger partial charge in [0.15, 0.2) is 9.84 Å². The molecular formula is C17H17F3N4O4S. The van der Waals surface area contributed by atoms with Crippen LogP contribution in [-0.2, 0) is 16.4 Å². The number of nitrogens with zero attached hydrogens (tertiary/aromatic N) is 4. The Kier molecular flexibility index (Phi) is 4.56. The van der Waals surface area contributed by atoms with Crippen LogP contribution in [0.3, 0.4) is 0 Å². The molecule has 0 bridgehead atoms. The van der Waals surface area contributed by atoms with Gasteiger partial charge in [-0.15, -0.1) is 5.10 Å². The molecule has 0 spiro atoms. The quantitative estimate of drug-likeness (QED) is 0.571. The van der Waals surface area contributed by atoms with Crippen LogP contribution < -0.4 is 5.69 Å². The van der Waals surface area contributed by atoms with Crippen LogP contribution in [0.5, 0.6) is 0 Å². The van der Waals surface area contributed by atoms with Crippen LogP contribution in [0.15, 0.2) is 32.3 Å². The molecule has 0 atom stereocenters. The van der Waals surface area contributed by atoms with E-state index in [0.29, 0.717) is 18.4 Å². The lowest BCUT2D eigenvalue weighted by molar-refractivity contribution is 0.115. The van der Waals surface area contributed by atoms with E-state index in [1.165, 1.54) is 22.8 Å². The van der Waals surface area contributed by atoms with Crippen molar-refractivity contribution in [2.75, 3.05) is 12.4 Å². The molecule has 12 heteroatoms. The van der Waals surface area contributed by atoms with Crippen LogP contribution in [0.2, 0.25) is 0 Å². The number of halogens is 3. The van der Waals surface area contributed by atoms with Crippen LogP contribution in [-0.4, -0.2) is 40.2 Å². The second-order valence-electron chi connectivity index (χ2n) is 7.13. The number of benzene rings is 1. The number of fused-ring (bicyclic) bond motifs is 1. The third-order valence-electron chi connectivity index (χ3n) is 5.12. The smallest absolute Gasteiger partial charge is 0.337 e. The van der Waals surface area contributed by atoms with Gasteiger partial charge in [-0.3, -0.25) is 8.96 Å². The SMILES string of the molecule is CCn1c(=O)n(-c2nnc(C(F)F)o2)c2cc(S(=O)(=O)CC3(CF)CC3)ccc21. The van der Waals surface area contributed by atoms with Gasteiger partial charge in [-0.1, -0.05) is 5.10 Å². The first-order chi connectivity index (χ1) is 13.7. The molecule has 0 amide bonds. The van der Waals surface area contributed by atoms with Gasteiger partial charge < -0.3 is 4.42 Å². The van der Waals surface area contributed by atoms with Gasteiger partial charge in [0.25, 0.3) is 5.89 Å². The molecule has 0 saturated heterocycles. The maximum atomic E-state index is 13.2. The minimum atomic E-state index is -3.83. The Morgan fingerprint density at radius 2 is 1.97 bits per heavy atom. The summed E-state index contributed by atoms with van der Waals surface area (Å²) in [6.07, 6.45) is -2.02. The first kappa shape index (κ1) is 19.7. The molecule has 3 aromatic rings. The van der Waals surface area contributed by atoms with Crippen LogP contribution in [0.4, 0.5) is 13.2 Å². The molecule has 0 radical (unpaired) electrons. The van der Waals surface area contributed by atoms with Crippen molar-refractivity contribution in [1.29, 1.82) is 0 Å². The van der Waals surface area contributed by atoms with Gasteiger partial charge in [-0.25, -0.2) is 17.8 Å². The van der Waals surface area contributed by atoms with E-state index in [2.05, 4.69) is 10.2 Å². The van der Waals surface area contributed by atoms with Gasteiger partial charge in [0.1, 0.15) is 0 Å². The van der Waals surface area contributed by atoms with Crippen molar-refractivity contribution in [1.82, 2.24) is 19.3 Å². The van der Waals surface area contributed by atoms with Gasteiger partial charge in [0.05, 0.1) is 28.4 Å². The van der Waals surface area contributed by atoms with Crippen molar-refractivity contribution in [3.63, 3.8) is 0 Å². The van der Waals surface area contributed by atoms with Crippen LogP contribution in [0.25, 0.3) is 17.0 Å². The summed E-state index contributed by atoms with van der Waals surface area (Å²) in [5.74, 6) is -1.29. The second kappa shape index (κ2) is 6.71. The Morgan fingerprint density at radius 1 is 1.24 bits per heavy atom. The van der Waals surface area contributed by atoms with E-state index in [9.17, 15) is 26.4 Å². The summed E-state index contributed by atoms with van der Waals surface area (Å²) in [5, 5.41) is 6.71. The van der Waals surface area contributed by atoms with E-state index in [0.717, 1.165) is 4.57 Å². The molecule has 0 unspecified atom stereocenters. The first-order valence-electron chi connectivity index (χ1n) is 8.87. The molecule has 156 valence electrons. The molecule has 1 fully saturated rings. The van der Waals surface area contributed by atoms with Crippen LogP contribution in [0.1, 0.15) is 32.1 Å². The maximum absolute atomic E-state index is 13.2. The van der Waals surface area contributed by atoms with Gasteiger partial charge in [-0.2, -0.15) is 8.78 Å². The van der Waals surface area contributed by atoms with Crippen LogP contribution in [0, 0.1) is 5.41 Å². The van der Waals surface area contributed by atoms with Crippen LogP contribution >= 0.6 is 0 Å². The zero-order valence-electron chi connectivity index (χ0n) is 15.3. The molecular weight excluding hydrogens is 413 g/mol. The number of hydrogen-bond donors (Lipinski definition) is 0. The number of imidazole rings is 1. The summed E-state index contributed by atoms with van der Waals surface area (Å²) in [4.78, 5) is 12.7. The standard InChI is InChI=1S/C17H17F3N4O4S/c1-2-23-11-4-3-10(29(26,27)9-17(8-18)5-6-17)7-12(11)24(16(23)25)15-22-21-14(28-15)13(19)20/h3-4,7,13H,2,5-6,8-9H2,1H3. The summed E-state index contributed by atoms with van der Waals surface area (Å²) in [7, 11) is -3.83. The Labute approximate surface area is 162 Å². The number of aromatic nitrogens is 4. The van der Waals surface area contributed by atoms with E-state index in [-0.39, 0.29) is 22.7 Å². The molecule has 8 nitrogen and oxygen atoms in total. The topological polar surface area (TPSA) is 100.0 Å². The monoisotopic (exact) mass is 430 g/mol. The van der Waals surface area contributed by atoms with Gasteiger partial charge in [-0.05, 0) is 38.0 Å². The minimum Gasteiger partial charge on any atom is -0.401 e. The lowest BCUT2D eigenvalue weighted by Gasteiger charge is -2.11. The number of sulfone groups is 1. The second-order valence-corrected chi connectivity index (χ2v) is 9.12. The normalized spacial score (nSPS) is 16.0. The fourth-order valence-corrected chi connectivity index (χ4v) is 5.21. The van der Waals surface area contributed by atoms with E-state index in [1.807, 2.05) is 0 Å². The minimum absolute atomic E-state index is 0.0969. The van der Waals surface area contributed by atoms with Gasteiger partial charge in [0.2, 0.25) is 0 Å². The highest BCUT2D eigenvalue weighted by atomic mass is 32.2. The summed E-state index contributed by atoms with van der Waals surface area (Å²) in [6.45, 7) is 1.23. The molecule has 1 aliphatic rings. The number of hydrogen-bond acceptors (Lipinski definition) is 6. The highest BCUT2D eigenvalue weighted by Gasteiger charge is 2.46. The van der Waals surface area contributed by atoms with Crippen molar-refractivity contribution >= 4 is 20.9 Å². The summed E-state index contributed by atoms with van der Waals surface area (Å²) < 4.78 is 71.5. The number of rotatable bonds is 7. The largest absolute Gasteiger partial charge is 0.401 e. The summed E-state index contributed by atoms with van der Waals surface area (Å²) in [6, 6.07) is 3.56. The fourth-order valence-electron chi connectivity index (χ4n) is 3.31. The van der Waals surface area contributed by atoms with Crippen molar-refractivity contribution in [2.24, 2.45) is 5.41 Å². The molecule has 0 aliphatic heterocycles. The number of aryl methyl sites for hydroxylation is 1. The first-order valence-corrected chi connectivity index (χ1v) is 10.5. The van der Waals surface area contributed by atoms with Gasteiger partial charge in [0, 0.05) is 12.0 Å². The molecule has 1 aliphatic carbocycles. The van der Waals surface area contributed by atoms with Crippen molar-refractivity contribution in [3.8, 4) is 6.01 Å². The summed E-state index contributed by atoms with van der Waals surface area (Å²) >= 11 is 0. The predicted molar refractivity (Wildman–Crippen MR) is 95.7 cm³/mol. The van der Waals surface area contributed by atoms with E-state index >= 15 is 0 Å². The highest BCUT2D eigenvalue weighted by molar-refractivity contribution is 7.91. The average Bonchev–Trinajstić information content (AvgIpc) is 3.15. The summed E-state index contributed by atoms with van der Waals surface area (Å²) in [5.41, 5.74) is -0.988. The Morgan fingerprint density at radius 3 is 2.52 bits per heavy atom. The Balaban J connectivity index is 1.88. The fraction of sp³-hybridized carbons (Fsp3) is 0.471. The highest BCUT2D eigenvalue weighted by Crippen LogP contribution is 2.48. The van der Waals surface area contributed by atoms with Crippen molar-refractivity contribution in [2.45, 2.75) is 37.6 Å². The third kappa shape index (κ3) is 3.24. The molecule has 2 heterocycles. The van der Waals surface area contributed by atoms with Gasteiger partial charge >= 0.3 is 18.1 Å². The maximum Gasteiger partial charge on any atom is 0.337 e. The number of alkyl halides is 3. The van der Waals surface area contributed by atoms with Crippen molar-refractivity contribution in [3.05, 3.63) is 34.6 Å². The zero-order chi connectivity index (χ0) is 21.0. The average molecular weight is 430 g/mol. The molecule has 0 N–H and O–H groups in total. The lowest BCUT2D eigenvalue weighted by Crippen LogP contribution is -2.22. The lowest BCUT2D eigenvalue weighted by atomic mass is 10.2. The van der Waals surface area contributed by atoms with Crippen molar-refractivity contribution < 1.29 is 26.0 Å². The zero-order valence-corrected chi connectivity index (χ0v) is 16.1. The Bertz CT molecular complexity index is 1240. The Hall–Kier alpha value is -2.63. The van der Waals surface area contributed by atoms with E-state index < -0.39 is 45.9 Å². The molecule has 1 saturated carbocycles. The third-order valence-corrected chi connectivity index (χ3v) is 7.09. The van der Waals surface area contributed by atoms with E-state index in [4.69, 9.17) is 4.42 Å².